The molecule has 1 unspecified atom stereocenters. The van der Waals surface area contributed by atoms with Gasteiger partial charge < -0.3 is 14.7 Å². The number of carboxylic acids is 1. The van der Waals surface area contributed by atoms with Crippen molar-refractivity contribution in [2.45, 2.75) is 18.4 Å². The minimum absolute atomic E-state index is 0.0133. The summed E-state index contributed by atoms with van der Waals surface area (Å²) in [6.07, 6.45) is 1.10. The van der Waals surface area contributed by atoms with E-state index in [1.807, 2.05) is 0 Å². The van der Waals surface area contributed by atoms with E-state index in [0.717, 1.165) is 3.79 Å². The van der Waals surface area contributed by atoms with Gasteiger partial charge in [0.05, 0.1) is 16.0 Å². The van der Waals surface area contributed by atoms with E-state index < -0.39 is 11.5 Å². The molecule has 1 aliphatic heterocycles. The number of hydrogen-bond donors (Lipinski definition) is 1. The van der Waals surface area contributed by atoms with E-state index in [-0.39, 0.29) is 12.5 Å². The van der Waals surface area contributed by atoms with Crippen LogP contribution < -0.4 is 0 Å². The van der Waals surface area contributed by atoms with Gasteiger partial charge in [0.1, 0.15) is 0 Å². The summed E-state index contributed by atoms with van der Waals surface area (Å²) in [7, 11) is 1.45. The van der Waals surface area contributed by atoms with Gasteiger partial charge in [-0.1, -0.05) is 0 Å². The van der Waals surface area contributed by atoms with E-state index in [9.17, 15) is 14.7 Å². The first kappa shape index (κ1) is 14.5. The van der Waals surface area contributed by atoms with Crippen molar-refractivity contribution in [1.29, 1.82) is 0 Å². The Labute approximate surface area is 123 Å². The summed E-state index contributed by atoms with van der Waals surface area (Å²) >= 11 is 4.71. The van der Waals surface area contributed by atoms with Crippen LogP contribution in [0.3, 0.4) is 0 Å². The lowest BCUT2D eigenvalue weighted by Gasteiger charge is -2.33. The quantitative estimate of drug-likeness (QED) is 0.906. The van der Waals surface area contributed by atoms with Crippen LogP contribution in [0.15, 0.2) is 15.2 Å². The monoisotopic (exact) mass is 347 g/mol. The second-order valence-corrected chi connectivity index (χ2v) is 6.76. The first-order valence-electron chi connectivity index (χ1n) is 5.79. The molecule has 1 aromatic heterocycles. The van der Waals surface area contributed by atoms with Gasteiger partial charge in [0.2, 0.25) is 0 Å². The van der Waals surface area contributed by atoms with Crippen molar-refractivity contribution in [3.63, 3.8) is 0 Å². The van der Waals surface area contributed by atoms with Gasteiger partial charge in [-0.2, -0.15) is 0 Å². The molecule has 2 heterocycles. The number of nitrogens with zero attached hydrogens (tertiary/aromatic N) is 1. The predicted molar refractivity (Wildman–Crippen MR) is 74.5 cm³/mol. The van der Waals surface area contributed by atoms with Crippen LogP contribution in [0.5, 0.6) is 0 Å². The predicted octanol–water partition coefficient (Wildman–Crippen LogP) is 2.22. The lowest BCUT2D eigenvalue weighted by atomic mass is 9.97. The molecule has 1 N–H and O–H groups in total. The maximum Gasteiger partial charge on any atom is 0.332 e. The van der Waals surface area contributed by atoms with Crippen molar-refractivity contribution < 1.29 is 19.4 Å². The lowest BCUT2D eigenvalue weighted by Crippen LogP contribution is -2.56. The van der Waals surface area contributed by atoms with Crippen LogP contribution in [-0.2, 0) is 9.53 Å². The van der Waals surface area contributed by atoms with Crippen molar-refractivity contribution in [3.8, 4) is 0 Å². The van der Waals surface area contributed by atoms with Gasteiger partial charge in [-0.3, -0.25) is 4.79 Å². The van der Waals surface area contributed by atoms with Gasteiger partial charge in [-0.25, -0.2) is 4.79 Å². The van der Waals surface area contributed by atoms with Crippen LogP contribution >= 0.6 is 27.3 Å². The first-order chi connectivity index (χ1) is 9.01. The molecule has 1 fully saturated rings. The van der Waals surface area contributed by atoms with Crippen molar-refractivity contribution in [2.24, 2.45) is 0 Å². The second-order valence-electron chi connectivity index (χ2n) is 4.47. The van der Waals surface area contributed by atoms with Gasteiger partial charge in [0.25, 0.3) is 5.91 Å². The highest BCUT2D eigenvalue weighted by Crippen LogP contribution is 2.33. The van der Waals surface area contributed by atoms with E-state index in [4.69, 9.17) is 4.74 Å². The van der Waals surface area contributed by atoms with Crippen LogP contribution in [-0.4, -0.2) is 47.7 Å². The number of ether oxygens (including phenoxy) is 1. The standard InChI is InChI=1S/C12H14BrNO4S/c1-18-7-12(11(16)17)3-2-4-14(12)10(15)8-5-9(13)19-6-8/h5-6H,2-4,7H2,1H3,(H,16,17). The minimum atomic E-state index is -1.24. The Balaban J connectivity index is 2.31. The third-order valence-electron chi connectivity index (χ3n) is 3.33. The molecule has 0 bridgehead atoms. The van der Waals surface area contributed by atoms with Crippen LogP contribution in [0.25, 0.3) is 0 Å². The van der Waals surface area contributed by atoms with Gasteiger partial charge in [0, 0.05) is 19.0 Å². The number of aliphatic carboxylic acids is 1. The summed E-state index contributed by atoms with van der Waals surface area (Å²) < 4.78 is 5.88. The van der Waals surface area contributed by atoms with E-state index in [0.29, 0.717) is 24.9 Å². The number of amides is 1. The number of rotatable bonds is 4. The van der Waals surface area contributed by atoms with E-state index in [2.05, 4.69) is 15.9 Å². The molecule has 0 aromatic carbocycles. The van der Waals surface area contributed by atoms with Crippen molar-refractivity contribution in [3.05, 3.63) is 20.8 Å². The largest absolute Gasteiger partial charge is 0.479 e. The number of thiophene rings is 1. The maximum absolute atomic E-state index is 12.4. The van der Waals surface area contributed by atoms with Gasteiger partial charge in [-0.05, 0) is 34.8 Å². The smallest absolute Gasteiger partial charge is 0.332 e. The summed E-state index contributed by atoms with van der Waals surface area (Å²) in [5, 5.41) is 11.2. The molecular weight excluding hydrogens is 334 g/mol. The molecule has 0 aliphatic carbocycles. The maximum atomic E-state index is 12.4. The highest BCUT2D eigenvalue weighted by molar-refractivity contribution is 9.11. The molecular formula is C12H14BrNO4S. The van der Waals surface area contributed by atoms with Crippen LogP contribution in [0.1, 0.15) is 23.2 Å². The third-order valence-corrected chi connectivity index (χ3v) is 4.83. The number of carbonyl (C=O) groups excluding carboxylic acids is 1. The normalized spacial score (nSPS) is 22.7. The average molecular weight is 348 g/mol. The minimum Gasteiger partial charge on any atom is -0.479 e. The van der Waals surface area contributed by atoms with Crippen LogP contribution in [0, 0.1) is 0 Å². The zero-order valence-electron chi connectivity index (χ0n) is 10.4. The SMILES string of the molecule is COCC1(C(=O)O)CCCN1C(=O)c1csc(Br)c1. The van der Waals surface area contributed by atoms with Crippen molar-refractivity contribution >= 4 is 39.1 Å². The van der Waals surface area contributed by atoms with Crippen molar-refractivity contribution in [1.82, 2.24) is 4.90 Å². The Morgan fingerprint density at radius 3 is 2.89 bits per heavy atom. The Bertz CT molecular complexity index is 504. The van der Waals surface area contributed by atoms with E-state index >= 15 is 0 Å². The molecule has 0 saturated carbocycles. The van der Waals surface area contributed by atoms with E-state index in [1.165, 1.54) is 23.3 Å². The molecule has 0 spiro atoms. The zero-order chi connectivity index (χ0) is 14.0. The zero-order valence-corrected chi connectivity index (χ0v) is 12.8. The highest BCUT2D eigenvalue weighted by Gasteiger charge is 2.50. The summed E-state index contributed by atoms with van der Waals surface area (Å²) in [6, 6.07) is 1.71. The molecule has 104 valence electrons. The number of methoxy groups -OCH3 is 1. The van der Waals surface area contributed by atoms with E-state index in [1.54, 1.807) is 11.4 Å². The number of carbonyl (C=O) groups is 2. The number of likely N-dealkylation sites (tertiary alicyclic amines) is 1. The van der Waals surface area contributed by atoms with Gasteiger partial charge in [0.15, 0.2) is 5.54 Å². The Hall–Kier alpha value is -0.920. The average Bonchev–Trinajstić information content (AvgIpc) is 2.96. The van der Waals surface area contributed by atoms with Crippen LogP contribution in [0.2, 0.25) is 0 Å². The third kappa shape index (κ3) is 2.54. The summed E-state index contributed by atoms with van der Waals surface area (Å²) in [5.41, 5.74) is -0.722. The summed E-state index contributed by atoms with van der Waals surface area (Å²) in [4.78, 5) is 25.5. The molecule has 1 atom stereocenters. The number of halogens is 1. The molecule has 1 aliphatic rings. The number of hydrogen-bond acceptors (Lipinski definition) is 4. The highest BCUT2D eigenvalue weighted by atomic mass is 79.9. The molecule has 1 amide bonds. The Morgan fingerprint density at radius 1 is 1.63 bits per heavy atom. The molecule has 5 nitrogen and oxygen atoms in total. The fraction of sp³-hybridized carbons (Fsp3) is 0.500. The fourth-order valence-corrected chi connectivity index (χ4v) is 3.56. The van der Waals surface area contributed by atoms with Gasteiger partial charge in [-0.15, -0.1) is 11.3 Å². The van der Waals surface area contributed by atoms with Gasteiger partial charge >= 0.3 is 5.97 Å². The van der Waals surface area contributed by atoms with Crippen LogP contribution in [0.4, 0.5) is 0 Å². The lowest BCUT2D eigenvalue weighted by molar-refractivity contribution is -0.151. The molecule has 1 saturated heterocycles. The van der Waals surface area contributed by atoms with Crippen molar-refractivity contribution in [2.75, 3.05) is 20.3 Å². The molecule has 0 radical (unpaired) electrons. The first-order valence-corrected chi connectivity index (χ1v) is 7.47. The molecule has 7 heteroatoms. The molecule has 1 aromatic rings. The Kier molecular flexibility index (Phi) is 4.27. The second kappa shape index (κ2) is 5.60. The number of carboxylic acid groups (broad SMARTS) is 1. The molecule has 2 rings (SSSR count). The summed E-state index contributed by atoms with van der Waals surface area (Å²) in [5.74, 6) is -1.26. The Morgan fingerprint density at radius 2 is 2.37 bits per heavy atom. The summed E-state index contributed by atoms with van der Waals surface area (Å²) in [6.45, 7) is 0.460. The fourth-order valence-electron chi connectivity index (χ4n) is 2.43. The molecule has 19 heavy (non-hydrogen) atoms. The topological polar surface area (TPSA) is 66.8 Å².